The number of benzene rings is 1. The Morgan fingerprint density at radius 3 is 2.67 bits per heavy atom. The number of hydrogen-bond donors (Lipinski definition) is 4. The number of nitrogens with zero attached hydrogens (tertiary/aromatic N) is 1. The van der Waals surface area contributed by atoms with Crippen molar-refractivity contribution >= 4 is 11.9 Å². The zero-order valence-corrected chi connectivity index (χ0v) is 13.4. The van der Waals surface area contributed by atoms with Crippen LogP contribution in [-0.2, 0) is 11.3 Å². The van der Waals surface area contributed by atoms with Gasteiger partial charge in [-0.15, -0.1) is 0 Å². The molecule has 128 valence electrons. The Balaban J connectivity index is 1.50. The van der Waals surface area contributed by atoms with Crippen molar-refractivity contribution in [2.45, 2.75) is 56.1 Å². The molecule has 1 aromatic rings. The minimum absolute atomic E-state index is 0.173. The van der Waals surface area contributed by atoms with Gasteiger partial charge in [0.1, 0.15) is 12.2 Å². The number of hydrogen-bond acceptors (Lipinski definition) is 5. The zero-order chi connectivity index (χ0) is 16.7. The van der Waals surface area contributed by atoms with Crippen LogP contribution in [-0.4, -0.2) is 47.2 Å². The Morgan fingerprint density at radius 1 is 1.08 bits per heavy atom. The lowest BCUT2D eigenvalue weighted by atomic mass is 9.84. The lowest BCUT2D eigenvalue weighted by Gasteiger charge is -2.49. The lowest BCUT2D eigenvalue weighted by Crippen LogP contribution is -2.78. The Kier molecular flexibility index (Phi) is 3.99. The highest BCUT2D eigenvalue weighted by atomic mass is 16.2. The van der Waals surface area contributed by atoms with Gasteiger partial charge < -0.3 is 11.1 Å². The molecule has 0 bridgehead atoms. The predicted octanol–water partition coefficient (Wildman–Crippen LogP) is -0.126. The van der Waals surface area contributed by atoms with E-state index in [2.05, 4.69) is 16.0 Å². The average molecular weight is 329 g/mol. The molecule has 24 heavy (non-hydrogen) atoms. The van der Waals surface area contributed by atoms with Crippen LogP contribution >= 0.6 is 0 Å². The zero-order valence-electron chi connectivity index (χ0n) is 13.4. The van der Waals surface area contributed by atoms with Crippen LogP contribution in [0.15, 0.2) is 30.3 Å². The molecule has 2 aliphatic heterocycles. The minimum atomic E-state index is -0.429. The van der Waals surface area contributed by atoms with E-state index in [9.17, 15) is 9.59 Å². The molecular weight excluding hydrogens is 306 g/mol. The first-order valence-corrected chi connectivity index (χ1v) is 8.55. The van der Waals surface area contributed by atoms with Gasteiger partial charge in [0.2, 0.25) is 0 Å². The van der Waals surface area contributed by atoms with Crippen LogP contribution in [0.3, 0.4) is 0 Å². The number of fused-ring (bicyclic) bond motifs is 2. The van der Waals surface area contributed by atoms with Gasteiger partial charge in [0.25, 0.3) is 5.91 Å². The molecule has 0 radical (unpaired) electrons. The predicted molar refractivity (Wildman–Crippen MR) is 88.8 cm³/mol. The molecule has 0 aromatic heterocycles. The molecule has 3 amide bonds. The van der Waals surface area contributed by atoms with E-state index in [-0.39, 0.29) is 42.8 Å². The monoisotopic (exact) mass is 329 g/mol. The molecule has 3 aliphatic rings. The number of amides is 3. The molecule has 2 saturated heterocycles. The van der Waals surface area contributed by atoms with E-state index in [1.165, 1.54) is 4.90 Å². The number of piperazine rings is 1. The van der Waals surface area contributed by atoms with Gasteiger partial charge in [-0.25, -0.2) is 4.79 Å². The maximum atomic E-state index is 12.9. The Morgan fingerprint density at radius 2 is 1.88 bits per heavy atom. The first kappa shape index (κ1) is 15.6. The van der Waals surface area contributed by atoms with Gasteiger partial charge in [0.05, 0.1) is 6.54 Å². The topological polar surface area (TPSA) is 99.5 Å². The third-order valence-electron chi connectivity index (χ3n) is 5.25. The van der Waals surface area contributed by atoms with Gasteiger partial charge in [-0.1, -0.05) is 30.3 Å². The fourth-order valence-electron chi connectivity index (χ4n) is 3.97. The van der Waals surface area contributed by atoms with E-state index in [1.807, 2.05) is 30.3 Å². The summed E-state index contributed by atoms with van der Waals surface area (Å²) in [6, 6.07) is 9.38. The van der Waals surface area contributed by atoms with Gasteiger partial charge in [0.15, 0.2) is 0 Å². The maximum absolute atomic E-state index is 12.9. The summed E-state index contributed by atoms with van der Waals surface area (Å²) in [5.41, 5.74) is 6.98. The average Bonchev–Trinajstić information content (AvgIpc) is 2.58. The summed E-state index contributed by atoms with van der Waals surface area (Å²) in [5, 5.41) is 9.77. The summed E-state index contributed by atoms with van der Waals surface area (Å²) in [5.74, 6) is -0.173. The summed E-state index contributed by atoms with van der Waals surface area (Å²) in [6.07, 6.45) is 2.39. The Labute approximate surface area is 141 Å². The van der Waals surface area contributed by atoms with Crippen molar-refractivity contribution in [3.8, 4) is 0 Å². The Bertz CT molecular complexity index is 637. The smallest absolute Gasteiger partial charge is 0.325 e. The lowest BCUT2D eigenvalue weighted by molar-refractivity contribution is -0.135. The molecule has 1 saturated carbocycles. The van der Waals surface area contributed by atoms with E-state index in [0.29, 0.717) is 0 Å². The van der Waals surface area contributed by atoms with Gasteiger partial charge >= 0.3 is 6.03 Å². The molecule has 5 unspecified atom stereocenters. The molecule has 5 atom stereocenters. The number of nitrogens with two attached hydrogens (primary N) is 1. The van der Waals surface area contributed by atoms with E-state index < -0.39 is 6.04 Å². The quantitative estimate of drug-likeness (QED) is 0.606. The van der Waals surface area contributed by atoms with Crippen LogP contribution in [0.2, 0.25) is 0 Å². The highest BCUT2D eigenvalue weighted by molar-refractivity contribution is 6.00. The van der Waals surface area contributed by atoms with Crippen molar-refractivity contribution in [1.82, 2.24) is 20.9 Å². The Hall–Kier alpha value is -1.96. The van der Waals surface area contributed by atoms with Crippen molar-refractivity contribution < 1.29 is 9.59 Å². The van der Waals surface area contributed by atoms with Crippen molar-refractivity contribution in [2.75, 3.05) is 0 Å². The van der Waals surface area contributed by atoms with Crippen LogP contribution in [0.5, 0.6) is 0 Å². The third-order valence-corrected chi connectivity index (χ3v) is 5.25. The summed E-state index contributed by atoms with van der Waals surface area (Å²) < 4.78 is 0. The van der Waals surface area contributed by atoms with Gasteiger partial charge in [0, 0.05) is 18.1 Å². The number of nitrogens with one attached hydrogen (secondary N) is 3. The van der Waals surface area contributed by atoms with Crippen LogP contribution in [0.25, 0.3) is 0 Å². The molecular formula is C17H23N5O2. The highest BCUT2D eigenvalue weighted by Gasteiger charge is 2.47. The number of carbonyl (C=O) groups is 2. The fraction of sp³-hybridized carbons (Fsp3) is 0.529. The van der Waals surface area contributed by atoms with E-state index in [4.69, 9.17) is 5.73 Å². The molecule has 1 aromatic carbocycles. The van der Waals surface area contributed by atoms with Crippen LogP contribution in [0.4, 0.5) is 4.79 Å². The molecule has 5 N–H and O–H groups in total. The van der Waals surface area contributed by atoms with Crippen molar-refractivity contribution in [3.05, 3.63) is 35.9 Å². The summed E-state index contributed by atoms with van der Waals surface area (Å²) in [7, 11) is 0. The highest BCUT2D eigenvalue weighted by Crippen LogP contribution is 2.24. The second-order valence-corrected chi connectivity index (χ2v) is 6.93. The second kappa shape index (κ2) is 6.16. The summed E-state index contributed by atoms with van der Waals surface area (Å²) in [4.78, 5) is 26.5. The molecule has 0 spiro atoms. The van der Waals surface area contributed by atoms with E-state index in [0.717, 1.165) is 24.8 Å². The first-order chi connectivity index (χ1) is 11.6. The number of rotatable bonds is 2. The summed E-state index contributed by atoms with van der Waals surface area (Å²) in [6.45, 7) is 0.287. The maximum Gasteiger partial charge on any atom is 0.325 e. The fourth-order valence-corrected chi connectivity index (χ4v) is 3.97. The molecule has 3 fully saturated rings. The molecule has 1 aliphatic carbocycles. The van der Waals surface area contributed by atoms with Gasteiger partial charge in [-0.3, -0.25) is 20.3 Å². The standard InChI is InChI=1S/C17H23N5O2/c18-11-6-7-12-13(8-11)20-15-14(19-12)16(23)22(17(24)21-15)9-10-4-2-1-3-5-10/h1-5,11-15,19-20H,6-9,18H2,(H,21,24). The molecule has 4 rings (SSSR count). The van der Waals surface area contributed by atoms with E-state index >= 15 is 0 Å². The van der Waals surface area contributed by atoms with Crippen LogP contribution in [0, 0.1) is 0 Å². The molecule has 7 nitrogen and oxygen atoms in total. The van der Waals surface area contributed by atoms with E-state index in [1.54, 1.807) is 0 Å². The largest absolute Gasteiger partial charge is 0.328 e. The molecule has 2 heterocycles. The van der Waals surface area contributed by atoms with Crippen molar-refractivity contribution in [3.63, 3.8) is 0 Å². The first-order valence-electron chi connectivity index (χ1n) is 8.55. The van der Waals surface area contributed by atoms with Gasteiger partial charge in [-0.2, -0.15) is 0 Å². The number of imide groups is 1. The normalized spacial score (nSPS) is 35.9. The number of carbonyl (C=O) groups excluding carboxylic acids is 2. The SMILES string of the molecule is NC1CCC2NC3C(=O)N(Cc4ccccc4)C(=O)NC3NC2C1. The second-order valence-electron chi connectivity index (χ2n) is 6.93. The molecule has 7 heteroatoms. The summed E-state index contributed by atoms with van der Waals surface area (Å²) >= 11 is 0. The third kappa shape index (κ3) is 2.79. The minimum Gasteiger partial charge on any atom is -0.328 e. The van der Waals surface area contributed by atoms with Crippen molar-refractivity contribution in [1.29, 1.82) is 0 Å². The van der Waals surface area contributed by atoms with Gasteiger partial charge in [-0.05, 0) is 24.8 Å². The van der Waals surface area contributed by atoms with Crippen LogP contribution < -0.4 is 21.7 Å². The number of urea groups is 1. The van der Waals surface area contributed by atoms with Crippen LogP contribution in [0.1, 0.15) is 24.8 Å². The van der Waals surface area contributed by atoms with Crippen molar-refractivity contribution in [2.24, 2.45) is 5.73 Å².